The van der Waals surface area contributed by atoms with Gasteiger partial charge in [0.25, 0.3) is 5.91 Å². The first-order valence-corrected chi connectivity index (χ1v) is 11.5. The van der Waals surface area contributed by atoms with Gasteiger partial charge in [-0.05, 0) is 52.4 Å². The van der Waals surface area contributed by atoms with Gasteiger partial charge in [-0.25, -0.2) is 4.79 Å². The van der Waals surface area contributed by atoms with Crippen LogP contribution in [0.25, 0.3) is 11.1 Å². The Kier molecular flexibility index (Phi) is 8.22. The van der Waals surface area contributed by atoms with Crippen LogP contribution in [0.15, 0.2) is 103 Å². The summed E-state index contributed by atoms with van der Waals surface area (Å²) in [6.45, 7) is 1.01. The molecule has 3 aromatic carbocycles. The first kappa shape index (κ1) is 23.7. The maximum Gasteiger partial charge on any atom is 0.407 e. The lowest BCUT2D eigenvalue weighted by atomic mass is 9.95. The molecule has 0 aliphatic rings. The first-order valence-electron chi connectivity index (χ1n) is 11.5. The van der Waals surface area contributed by atoms with E-state index in [1.165, 1.54) is 0 Å². The highest BCUT2D eigenvalue weighted by Crippen LogP contribution is 2.27. The van der Waals surface area contributed by atoms with Crippen LogP contribution >= 0.6 is 0 Å². The molecule has 0 radical (unpaired) electrons. The number of aromatic nitrogens is 1. The Labute approximate surface area is 205 Å². The van der Waals surface area contributed by atoms with Gasteiger partial charge in [-0.2, -0.15) is 0 Å². The first-order chi connectivity index (χ1) is 17.2. The van der Waals surface area contributed by atoms with Gasteiger partial charge in [-0.3, -0.25) is 9.78 Å². The Morgan fingerprint density at radius 1 is 0.714 bits per heavy atom. The molecule has 2 amide bonds. The zero-order valence-corrected chi connectivity index (χ0v) is 19.3. The summed E-state index contributed by atoms with van der Waals surface area (Å²) < 4.78 is 5.32. The second kappa shape index (κ2) is 12.1. The number of hydrogen-bond donors (Lipinski definition) is 2. The average Bonchev–Trinajstić information content (AvgIpc) is 2.92. The van der Waals surface area contributed by atoms with Crippen LogP contribution in [0, 0.1) is 0 Å². The topological polar surface area (TPSA) is 80.3 Å². The van der Waals surface area contributed by atoms with E-state index >= 15 is 0 Å². The zero-order chi connectivity index (χ0) is 24.3. The average molecular weight is 466 g/mol. The molecule has 1 heterocycles. The van der Waals surface area contributed by atoms with Crippen molar-refractivity contribution in [1.29, 1.82) is 0 Å². The van der Waals surface area contributed by atoms with Crippen LogP contribution in [0.5, 0.6) is 0 Å². The number of nitrogens with zero attached hydrogens (tertiary/aromatic N) is 1. The number of ether oxygens (including phenoxy) is 1. The minimum Gasteiger partial charge on any atom is -0.445 e. The molecule has 0 saturated carbocycles. The van der Waals surface area contributed by atoms with Crippen molar-refractivity contribution in [2.24, 2.45) is 0 Å². The van der Waals surface area contributed by atoms with E-state index in [1.54, 1.807) is 12.4 Å². The summed E-state index contributed by atoms with van der Waals surface area (Å²) in [6, 6.07) is 28.6. The van der Waals surface area contributed by atoms with Crippen LogP contribution in [0.3, 0.4) is 0 Å². The van der Waals surface area contributed by atoms with E-state index in [0.717, 1.165) is 34.2 Å². The third-order valence-corrected chi connectivity index (χ3v) is 5.56. The van der Waals surface area contributed by atoms with Crippen molar-refractivity contribution in [1.82, 2.24) is 15.6 Å². The highest BCUT2D eigenvalue weighted by molar-refractivity contribution is 6.01. The van der Waals surface area contributed by atoms with Gasteiger partial charge in [-0.1, -0.05) is 72.8 Å². The highest BCUT2D eigenvalue weighted by Gasteiger charge is 2.15. The Balaban J connectivity index is 1.41. The van der Waals surface area contributed by atoms with Crippen LogP contribution in [0.2, 0.25) is 0 Å². The van der Waals surface area contributed by atoms with Crippen LogP contribution < -0.4 is 10.6 Å². The number of alkyl carbamates (subject to hydrolysis) is 1. The number of carbonyl (C=O) groups is 2. The number of carbonyl (C=O) groups excluding carboxylic acids is 2. The lowest BCUT2D eigenvalue weighted by Gasteiger charge is -2.15. The van der Waals surface area contributed by atoms with Crippen molar-refractivity contribution in [3.8, 4) is 11.1 Å². The van der Waals surface area contributed by atoms with Gasteiger partial charge >= 0.3 is 6.09 Å². The predicted octanol–water partition coefficient (Wildman–Crippen LogP) is 5.15. The Morgan fingerprint density at radius 2 is 1.40 bits per heavy atom. The van der Waals surface area contributed by atoms with E-state index in [2.05, 4.69) is 15.6 Å². The van der Waals surface area contributed by atoms with Gasteiger partial charge in [0.2, 0.25) is 0 Å². The molecule has 4 rings (SSSR count). The minimum atomic E-state index is -0.495. The molecule has 0 spiro atoms. The van der Waals surface area contributed by atoms with E-state index in [9.17, 15) is 9.59 Å². The molecule has 35 heavy (non-hydrogen) atoms. The van der Waals surface area contributed by atoms with E-state index in [1.807, 2.05) is 91.0 Å². The van der Waals surface area contributed by atoms with E-state index in [-0.39, 0.29) is 19.1 Å². The summed E-state index contributed by atoms with van der Waals surface area (Å²) in [5, 5.41) is 5.82. The molecule has 0 atom stereocenters. The zero-order valence-electron chi connectivity index (χ0n) is 19.3. The smallest absolute Gasteiger partial charge is 0.407 e. The van der Waals surface area contributed by atoms with Crippen molar-refractivity contribution < 1.29 is 14.3 Å². The second-order valence-corrected chi connectivity index (χ2v) is 7.98. The molecule has 6 nitrogen and oxygen atoms in total. The van der Waals surface area contributed by atoms with Gasteiger partial charge < -0.3 is 15.4 Å². The van der Waals surface area contributed by atoms with E-state index in [4.69, 9.17) is 4.74 Å². The summed E-state index contributed by atoms with van der Waals surface area (Å²) >= 11 is 0. The molecular weight excluding hydrogens is 438 g/mol. The largest absolute Gasteiger partial charge is 0.445 e. The Bertz CT molecular complexity index is 1260. The second-order valence-electron chi connectivity index (χ2n) is 7.98. The predicted molar refractivity (Wildman–Crippen MR) is 136 cm³/mol. The van der Waals surface area contributed by atoms with Crippen molar-refractivity contribution in [2.45, 2.75) is 19.6 Å². The van der Waals surface area contributed by atoms with Crippen molar-refractivity contribution in [3.63, 3.8) is 0 Å². The molecule has 6 heteroatoms. The van der Waals surface area contributed by atoms with Gasteiger partial charge in [0, 0.05) is 31.0 Å². The highest BCUT2D eigenvalue weighted by atomic mass is 16.5. The third-order valence-electron chi connectivity index (χ3n) is 5.56. The third kappa shape index (κ3) is 6.77. The van der Waals surface area contributed by atoms with Crippen LogP contribution in [0.1, 0.15) is 27.0 Å². The molecule has 0 aliphatic heterocycles. The van der Waals surface area contributed by atoms with E-state index in [0.29, 0.717) is 12.1 Å². The molecule has 0 unspecified atom stereocenters. The van der Waals surface area contributed by atoms with Crippen LogP contribution in [-0.4, -0.2) is 23.5 Å². The van der Waals surface area contributed by atoms with Gasteiger partial charge in [0.15, 0.2) is 0 Å². The number of nitrogens with one attached hydrogen (secondary N) is 2. The van der Waals surface area contributed by atoms with Crippen molar-refractivity contribution >= 4 is 12.0 Å². The molecule has 2 N–H and O–H groups in total. The van der Waals surface area contributed by atoms with Crippen molar-refractivity contribution in [3.05, 3.63) is 126 Å². The lowest BCUT2D eigenvalue weighted by molar-refractivity contribution is 0.0954. The standard InChI is InChI=1S/C29H27N3O3/c33-28(31-19-16-22-14-17-30-18-15-22)27-13-7-6-12-26(27)25-11-5-4-10-24(25)20-32-29(34)35-21-23-8-2-1-3-9-23/h1-15,17-18H,16,19-21H2,(H,31,33)(H,32,34). The van der Waals surface area contributed by atoms with E-state index < -0.39 is 6.09 Å². The summed E-state index contributed by atoms with van der Waals surface area (Å²) in [5.41, 5.74) is 5.21. The number of benzene rings is 3. The summed E-state index contributed by atoms with van der Waals surface area (Å²) in [4.78, 5) is 29.3. The monoisotopic (exact) mass is 465 g/mol. The SMILES string of the molecule is O=C(NCc1ccccc1-c1ccccc1C(=O)NCCc1ccncc1)OCc1ccccc1. The number of pyridine rings is 1. The Morgan fingerprint density at radius 3 is 2.20 bits per heavy atom. The fourth-order valence-electron chi connectivity index (χ4n) is 3.76. The summed E-state index contributed by atoms with van der Waals surface area (Å²) in [6.07, 6.45) is 3.72. The van der Waals surface area contributed by atoms with Gasteiger partial charge in [-0.15, -0.1) is 0 Å². The normalized spacial score (nSPS) is 10.4. The van der Waals surface area contributed by atoms with Gasteiger partial charge in [0.05, 0.1) is 0 Å². The lowest BCUT2D eigenvalue weighted by Crippen LogP contribution is -2.26. The summed E-state index contributed by atoms with van der Waals surface area (Å²) in [5.74, 6) is -0.139. The molecular formula is C29H27N3O3. The number of hydrogen-bond acceptors (Lipinski definition) is 4. The fourth-order valence-corrected chi connectivity index (χ4v) is 3.76. The Hall–Kier alpha value is -4.45. The molecule has 4 aromatic rings. The molecule has 176 valence electrons. The minimum absolute atomic E-state index is 0.139. The number of amides is 2. The maximum atomic E-state index is 13.0. The van der Waals surface area contributed by atoms with Gasteiger partial charge in [0.1, 0.15) is 6.61 Å². The quantitative estimate of drug-likeness (QED) is 0.358. The fraction of sp³-hybridized carbons (Fsp3) is 0.138. The molecule has 0 bridgehead atoms. The molecule has 0 saturated heterocycles. The maximum absolute atomic E-state index is 13.0. The van der Waals surface area contributed by atoms with Crippen LogP contribution in [0.4, 0.5) is 4.79 Å². The van der Waals surface area contributed by atoms with Crippen molar-refractivity contribution in [2.75, 3.05) is 6.54 Å². The number of rotatable bonds is 9. The molecule has 0 fully saturated rings. The van der Waals surface area contributed by atoms with Crippen LogP contribution in [-0.2, 0) is 24.3 Å². The molecule has 0 aliphatic carbocycles. The molecule has 1 aromatic heterocycles. The summed E-state index contributed by atoms with van der Waals surface area (Å²) in [7, 11) is 0.